The highest BCUT2D eigenvalue weighted by atomic mass is 32.2. The van der Waals surface area contributed by atoms with Crippen LogP contribution in [-0.4, -0.2) is 42.1 Å². The van der Waals surface area contributed by atoms with Gasteiger partial charge in [0.05, 0.1) is 11.4 Å². The van der Waals surface area contributed by atoms with Gasteiger partial charge in [-0.05, 0) is 39.7 Å². The smallest absolute Gasteiger partial charge is 0.246 e. The molecule has 0 unspecified atom stereocenters. The second-order valence-corrected chi connectivity index (χ2v) is 6.93. The van der Waals surface area contributed by atoms with Crippen molar-refractivity contribution in [3.8, 4) is 0 Å². The molecular weight excluding hydrogens is 264 g/mol. The van der Waals surface area contributed by atoms with Crippen molar-refractivity contribution in [1.82, 2.24) is 14.5 Å². The number of sulfonamides is 1. The molecule has 1 heterocycles. The topological polar surface area (TPSA) is 92.1 Å². The normalized spacial score (nSPS) is 16.8. The molecule has 0 radical (unpaired) electrons. The van der Waals surface area contributed by atoms with Gasteiger partial charge in [0, 0.05) is 12.6 Å². The third-order valence-corrected chi connectivity index (χ3v) is 5.91. The zero-order valence-electron chi connectivity index (χ0n) is 11.5. The molecule has 19 heavy (non-hydrogen) atoms. The van der Waals surface area contributed by atoms with Crippen LogP contribution in [0.5, 0.6) is 0 Å². The molecule has 1 saturated carbocycles. The van der Waals surface area contributed by atoms with Crippen LogP contribution in [0.15, 0.2) is 4.90 Å². The van der Waals surface area contributed by atoms with E-state index in [2.05, 4.69) is 10.2 Å². The molecule has 0 amide bonds. The first-order chi connectivity index (χ1) is 8.98. The van der Waals surface area contributed by atoms with Crippen LogP contribution in [0, 0.1) is 13.8 Å². The predicted octanol–water partition coefficient (Wildman–Crippen LogP) is 0.919. The summed E-state index contributed by atoms with van der Waals surface area (Å²) in [5.74, 6) is 0. The van der Waals surface area contributed by atoms with Crippen LogP contribution in [-0.2, 0) is 10.0 Å². The third-order valence-electron chi connectivity index (χ3n) is 3.69. The summed E-state index contributed by atoms with van der Waals surface area (Å²) in [6.07, 6.45) is 3.67. The van der Waals surface area contributed by atoms with Gasteiger partial charge in [-0.15, -0.1) is 0 Å². The molecule has 1 aliphatic carbocycles. The molecule has 0 spiro atoms. The Bertz CT molecular complexity index is 514. The van der Waals surface area contributed by atoms with Gasteiger partial charge >= 0.3 is 0 Å². The van der Waals surface area contributed by atoms with Crippen LogP contribution in [0.1, 0.15) is 37.1 Å². The van der Waals surface area contributed by atoms with E-state index in [9.17, 15) is 8.42 Å². The SMILES string of the molecule is Cc1n[nH]c(C)c1S(=O)(=O)N(CCCN)C1CCC1. The summed E-state index contributed by atoms with van der Waals surface area (Å²) in [6.45, 7) is 4.46. The molecular formula is C12H22N4O2S. The summed E-state index contributed by atoms with van der Waals surface area (Å²) >= 11 is 0. The number of nitrogens with two attached hydrogens (primary N) is 1. The number of H-pyrrole nitrogens is 1. The van der Waals surface area contributed by atoms with Crippen molar-refractivity contribution in [3.05, 3.63) is 11.4 Å². The van der Waals surface area contributed by atoms with E-state index >= 15 is 0 Å². The molecule has 0 aliphatic heterocycles. The first-order valence-corrected chi connectivity index (χ1v) is 8.16. The lowest BCUT2D eigenvalue weighted by atomic mass is 9.93. The highest BCUT2D eigenvalue weighted by Crippen LogP contribution is 2.31. The van der Waals surface area contributed by atoms with Gasteiger partial charge in [0.1, 0.15) is 4.90 Å². The van der Waals surface area contributed by atoms with Crippen LogP contribution in [0.25, 0.3) is 0 Å². The standard InChI is InChI=1S/C12H22N4O2S/c1-9-12(10(2)15-14-9)19(17,18)16(8-4-7-13)11-5-3-6-11/h11H,3-8,13H2,1-2H3,(H,14,15). The van der Waals surface area contributed by atoms with E-state index in [1.165, 1.54) is 0 Å². The zero-order valence-corrected chi connectivity index (χ0v) is 12.3. The number of hydrogen-bond acceptors (Lipinski definition) is 4. The average molecular weight is 286 g/mol. The van der Waals surface area contributed by atoms with Gasteiger partial charge in [-0.3, -0.25) is 5.10 Å². The Kier molecular flexibility index (Phi) is 4.27. The number of aryl methyl sites for hydroxylation is 2. The number of aromatic amines is 1. The van der Waals surface area contributed by atoms with Crippen molar-refractivity contribution in [3.63, 3.8) is 0 Å². The van der Waals surface area contributed by atoms with E-state index in [-0.39, 0.29) is 6.04 Å². The van der Waals surface area contributed by atoms with Crippen LogP contribution in [0.4, 0.5) is 0 Å². The van der Waals surface area contributed by atoms with Gasteiger partial charge in [0.2, 0.25) is 10.0 Å². The van der Waals surface area contributed by atoms with Crippen LogP contribution < -0.4 is 5.73 Å². The Morgan fingerprint density at radius 2 is 2.11 bits per heavy atom. The maximum Gasteiger partial charge on any atom is 0.246 e. The van der Waals surface area contributed by atoms with E-state index in [1.807, 2.05) is 0 Å². The lowest BCUT2D eigenvalue weighted by molar-refractivity contribution is 0.218. The zero-order chi connectivity index (χ0) is 14.0. The number of nitrogens with zero attached hydrogens (tertiary/aromatic N) is 2. The summed E-state index contributed by atoms with van der Waals surface area (Å²) in [6, 6.07) is 0.130. The van der Waals surface area contributed by atoms with Gasteiger partial charge in [0.15, 0.2) is 0 Å². The van der Waals surface area contributed by atoms with E-state index in [4.69, 9.17) is 5.73 Å². The molecule has 1 aromatic rings. The van der Waals surface area contributed by atoms with Crippen molar-refractivity contribution >= 4 is 10.0 Å². The van der Waals surface area contributed by atoms with E-state index < -0.39 is 10.0 Å². The fourth-order valence-electron chi connectivity index (χ4n) is 2.46. The van der Waals surface area contributed by atoms with E-state index in [0.717, 1.165) is 19.3 Å². The Morgan fingerprint density at radius 3 is 2.53 bits per heavy atom. The number of rotatable bonds is 6. The van der Waals surface area contributed by atoms with Crippen molar-refractivity contribution in [2.24, 2.45) is 5.73 Å². The summed E-state index contributed by atoms with van der Waals surface area (Å²) < 4.78 is 27.2. The monoisotopic (exact) mass is 286 g/mol. The minimum atomic E-state index is -3.47. The van der Waals surface area contributed by atoms with Crippen LogP contribution in [0.2, 0.25) is 0 Å². The van der Waals surface area contributed by atoms with Crippen molar-refractivity contribution in [1.29, 1.82) is 0 Å². The van der Waals surface area contributed by atoms with E-state index in [0.29, 0.717) is 35.8 Å². The Hall–Kier alpha value is -0.920. The predicted molar refractivity (Wildman–Crippen MR) is 73.3 cm³/mol. The number of nitrogens with one attached hydrogen (secondary N) is 1. The van der Waals surface area contributed by atoms with Crippen molar-refractivity contribution in [2.45, 2.75) is 50.5 Å². The molecule has 0 atom stereocenters. The van der Waals surface area contributed by atoms with Crippen LogP contribution in [0.3, 0.4) is 0 Å². The second-order valence-electron chi connectivity index (χ2n) is 5.11. The van der Waals surface area contributed by atoms with Crippen molar-refractivity contribution in [2.75, 3.05) is 13.1 Å². The summed E-state index contributed by atoms with van der Waals surface area (Å²) in [5, 5.41) is 6.74. The van der Waals surface area contributed by atoms with Gasteiger partial charge in [0.25, 0.3) is 0 Å². The number of hydrogen-bond donors (Lipinski definition) is 2. The maximum absolute atomic E-state index is 12.8. The first-order valence-electron chi connectivity index (χ1n) is 6.72. The molecule has 7 heteroatoms. The van der Waals surface area contributed by atoms with Gasteiger partial charge in [-0.1, -0.05) is 6.42 Å². The van der Waals surface area contributed by atoms with Crippen LogP contribution >= 0.6 is 0 Å². The summed E-state index contributed by atoms with van der Waals surface area (Å²) in [4.78, 5) is 0.330. The minimum absolute atomic E-state index is 0.130. The Balaban J connectivity index is 2.33. The molecule has 1 aromatic heterocycles. The summed E-state index contributed by atoms with van der Waals surface area (Å²) in [7, 11) is -3.47. The minimum Gasteiger partial charge on any atom is -0.330 e. The molecule has 0 bridgehead atoms. The highest BCUT2D eigenvalue weighted by Gasteiger charge is 2.36. The Morgan fingerprint density at radius 1 is 1.42 bits per heavy atom. The highest BCUT2D eigenvalue weighted by molar-refractivity contribution is 7.89. The maximum atomic E-state index is 12.8. The second kappa shape index (κ2) is 5.60. The lowest BCUT2D eigenvalue weighted by Crippen LogP contribution is -2.45. The molecule has 0 saturated heterocycles. The fourth-order valence-corrected chi connectivity index (χ4v) is 4.52. The number of aromatic nitrogens is 2. The first kappa shape index (κ1) is 14.5. The molecule has 0 aromatic carbocycles. The van der Waals surface area contributed by atoms with Gasteiger partial charge in [-0.25, -0.2) is 8.42 Å². The summed E-state index contributed by atoms with van der Waals surface area (Å²) in [5.41, 5.74) is 6.66. The molecule has 1 fully saturated rings. The molecule has 108 valence electrons. The van der Waals surface area contributed by atoms with E-state index in [1.54, 1.807) is 18.2 Å². The molecule has 2 rings (SSSR count). The largest absolute Gasteiger partial charge is 0.330 e. The molecule has 1 aliphatic rings. The van der Waals surface area contributed by atoms with Crippen molar-refractivity contribution < 1.29 is 8.42 Å². The lowest BCUT2D eigenvalue weighted by Gasteiger charge is -2.36. The third kappa shape index (κ3) is 2.68. The van der Waals surface area contributed by atoms with Gasteiger partial charge < -0.3 is 5.73 Å². The quantitative estimate of drug-likeness (QED) is 0.813. The van der Waals surface area contributed by atoms with Gasteiger partial charge in [-0.2, -0.15) is 9.40 Å². The average Bonchev–Trinajstić information content (AvgIpc) is 2.61. The fraction of sp³-hybridized carbons (Fsp3) is 0.750. The molecule has 6 nitrogen and oxygen atoms in total. The Labute approximate surface area is 114 Å². The molecule has 3 N–H and O–H groups in total.